The van der Waals surface area contributed by atoms with E-state index in [1.54, 1.807) is 18.2 Å². The predicted octanol–water partition coefficient (Wildman–Crippen LogP) is 1.80. The lowest BCUT2D eigenvalue weighted by atomic mass is 10.1. The molecule has 2 rings (SSSR count). The van der Waals surface area contributed by atoms with Crippen LogP contribution in [0.5, 0.6) is 5.75 Å². The second-order valence-corrected chi connectivity index (χ2v) is 5.02. The smallest absolute Gasteiger partial charge is 0.251 e. The minimum Gasteiger partial charge on any atom is -0.495 e. The van der Waals surface area contributed by atoms with Gasteiger partial charge in [0.2, 0.25) is 0 Å². The Hall–Kier alpha value is -2.05. The molecule has 1 aromatic carbocycles. The maximum absolute atomic E-state index is 12.0. The molecule has 2 aromatic rings. The lowest BCUT2D eigenvalue weighted by molar-refractivity contribution is 0.0916. The highest BCUT2D eigenvalue weighted by Gasteiger charge is 2.12. The highest BCUT2D eigenvalue weighted by molar-refractivity contribution is 7.07. The Labute approximate surface area is 121 Å². The zero-order valence-electron chi connectivity index (χ0n) is 11.0. The molecule has 106 valence electrons. The van der Waals surface area contributed by atoms with Crippen molar-refractivity contribution in [3.05, 3.63) is 46.2 Å². The van der Waals surface area contributed by atoms with Gasteiger partial charge in [0, 0.05) is 12.1 Å². The predicted molar refractivity (Wildman–Crippen MR) is 79.0 cm³/mol. The van der Waals surface area contributed by atoms with E-state index in [2.05, 4.69) is 5.32 Å². The van der Waals surface area contributed by atoms with Gasteiger partial charge in [-0.25, -0.2) is 0 Å². The van der Waals surface area contributed by atoms with Gasteiger partial charge in [0.15, 0.2) is 0 Å². The first-order valence-corrected chi connectivity index (χ1v) is 6.98. The van der Waals surface area contributed by atoms with Crippen LogP contribution in [0.25, 0.3) is 0 Å². The van der Waals surface area contributed by atoms with Gasteiger partial charge in [0.1, 0.15) is 5.75 Å². The molecule has 1 atom stereocenters. The number of aliphatic hydroxyl groups is 1. The van der Waals surface area contributed by atoms with E-state index in [0.29, 0.717) is 17.0 Å². The molecule has 0 aliphatic carbocycles. The summed E-state index contributed by atoms with van der Waals surface area (Å²) in [5.41, 5.74) is 7.38. The Morgan fingerprint density at radius 2 is 2.30 bits per heavy atom. The zero-order valence-corrected chi connectivity index (χ0v) is 11.8. The van der Waals surface area contributed by atoms with Crippen LogP contribution >= 0.6 is 11.3 Å². The van der Waals surface area contributed by atoms with Crippen molar-refractivity contribution < 1.29 is 14.6 Å². The lowest BCUT2D eigenvalue weighted by Gasteiger charge is -2.11. The largest absolute Gasteiger partial charge is 0.495 e. The third kappa shape index (κ3) is 3.28. The number of rotatable bonds is 5. The molecule has 0 bridgehead atoms. The number of nitrogens with two attached hydrogens (primary N) is 1. The molecule has 1 amide bonds. The fourth-order valence-electron chi connectivity index (χ4n) is 1.75. The molecular weight excluding hydrogens is 276 g/mol. The van der Waals surface area contributed by atoms with Crippen LogP contribution < -0.4 is 15.8 Å². The maximum Gasteiger partial charge on any atom is 0.251 e. The summed E-state index contributed by atoms with van der Waals surface area (Å²) in [7, 11) is 1.52. The van der Waals surface area contributed by atoms with Crippen LogP contribution in [0, 0.1) is 0 Å². The van der Waals surface area contributed by atoms with Crippen molar-refractivity contribution in [3.63, 3.8) is 0 Å². The topological polar surface area (TPSA) is 84.6 Å². The van der Waals surface area contributed by atoms with Crippen LogP contribution in [-0.2, 0) is 0 Å². The van der Waals surface area contributed by atoms with E-state index in [9.17, 15) is 9.90 Å². The van der Waals surface area contributed by atoms with Crippen molar-refractivity contribution in [1.29, 1.82) is 0 Å². The normalized spacial score (nSPS) is 11.9. The third-order valence-electron chi connectivity index (χ3n) is 2.88. The van der Waals surface area contributed by atoms with Gasteiger partial charge in [-0.15, -0.1) is 0 Å². The van der Waals surface area contributed by atoms with Crippen molar-refractivity contribution in [2.24, 2.45) is 0 Å². The summed E-state index contributed by atoms with van der Waals surface area (Å²) in [6, 6.07) is 6.64. The van der Waals surface area contributed by atoms with E-state index in [1.807, 2.05) is 16.8 Å². The van der Waals surface area contributed by atoms with Gasteiger partial charge < -0.3 is 20.9 Å². The summed E-state index contributed by atoms with van der Waals surface area (Å²) in [5, 5.41) is 16.3. The van der Waals surface area contributed by atoms with Gasteiger partial charge in [0.05, 0.1) is 18.9 Å². The summed E-state index contributed by atoms with van der Waals surface area (Å²) in [6.07, 6.45) is -0.708. The molecule has 0 spiro atoms. The van der Waals surface area contributed by atoms with E-state index >= 15 is 0 Å². The number of carbonyl (C=O) groups excluding carboxylic acids is 1. The van der Waals surface area contributed by atoms with E-state index in [4.69, 9.17) is 10.5 Å². The molecule has 6 heteroatoms. The molecule has 0 fully saturated rings. The number of carbonyl (C=O) groups is 1. The number of ether oxygens (including phenoxy) is 1. The fraction of sp³-hybridized carbons (Fsp3) is 0.214. The molecular formula is C14H16N2O3S. The van der Waals surface area contributed by atoms with E-state index < -0.39 is 6.10 Å². The van der Waals surface area contributed by atoms with Crippen molar-refractivity contribution in [3.8, 4) is 5.75 Å². The number of methoxy groups -OCH3 is 1. The molecule has 0 saturated carbocycles. The second kappa shape index (κ2) is 6.40. The molecule has 20 heavy (non-hydrogen) atoms. The van der Waals surface area contributed by atoms with E-state index in [-0.39, 0.29) is 12.5 Å². The monoisotopic (exact) mass is 292 g/mol. The number of aliphatic hydroxyl groups excluding tert-OH is 1. The van der Waals surface area contributed by atoms with Crippen molar-refractivity contribution in [2.75, 3.05) is 19.4 Å². The Morgan fingerprint density at radius 1 is 1.50 bits per heavy atom. The standard InChI is InChI=1S/C14H16N2O3S/c1-19-13-3-2-9(6-11(13)15)14(18)16-7-12(17)10-4-5-20-8-10/h2-6,8,12,17H,7,15H2,1H3,(H,16,18). The molecule has 0 aliphatic heterocycles. The first kappa shape index (κ1) is 14.4. The molecule has 5 nitrogen and oxygen atoms in total. The molecule has 1 unspecified atom stereocenters. The molecule has 4 N–H and O–H groups in total. The first-order chi connectivity index (χ1) is 9.61. The number of nitrogens with one attached hydrogen (secondary N) is 1. The van der Waals surface area contributed by atoms with Crippen LogP contribution in [0.1, 0.15) is 22.0 Å². The van der Waals surface area contributed by atoms with Crippen LogP contribution in [0.2, 0.25) is 0 Å². The summed E-state index contributed by atoms with van der Waals surface area (Å²) < 4.78 is 5.03. The van der Waals surface area contributed by atoms with Crippen LogP contribution in [0.4, 0.5) is 5.69 Å². The molecule has 0 saturated heterocycles. The summed E-state index contributed by atoms with van der Waals surface area (Å²) in [4.78, 5) is 12.0. The van der Waals surface area contributed by atoms with Crippen LogP contribution in [0.15, 0.2) is 35.0 Å². The van der Waals surface area contributed by atoms with Crippen molar-refractivity contribution >= 4 is 22.9 Å². The Bertz CT molecular complexity index is 584. The molecule has 1 aromatic heterocycles. The minimum atomic E-state index is -0.708. The maximum atomic E-state index is 12.0. The van der Waals surface area contributed by atoms with Gasteiger partial charge in [-0.2, -0.15) is 11.3 Å². The van der Waals surface area contributed by atoms with Crippen molar-refractivity contribution in [1.82, 2.24) is 5.32 Å². The number of hydrogen-bond acceptors (Lipinski definition) is 5. The van der Waals surface area contributed by atoms with Crippen molar-refractivity contribution in [2.45, 2.75) is 6.10 Å². The quantitative estimate of drug-likeness (QED) is 0.734. The SMILES string of the molecule is COc1ccc(C(=O)NCC(O)c2ccsc2)cc1N. The fourth-order valence-corrected chi connectivity index (χ4v) is 2.46. The lowest BCUT2D eigenvalue weighted by Crippen LogP contribution is -2.28. The van der Waals surface area contributed by atoms with Gasteiger partial charge >= 0.3 is 0 Å². The third-order valence-corrected chi connectivity index (χ3v) is 3.58. The highest BCUT2D eigenvalue weighted by atomic mass is 32.1. The Balaban J connectivity index is 1.96. The van der Waals surface area contributed by atoms with Gasteiger partial charge in [-0.1, -0.05) is 0 Å². The average molecular weight is 292 g/mol. The minimum absolute atomic E-state index is 0.154. The summed E-state index contributed by atoms with van der Waals surface area (Å²) in [5.74, 6) is 0.244. The highest BCUT2D eigenvalue weighted by Crippen LogP contribution is 2.22. The summed E-state index contributed by atoms with van der Waals surface area (Å²) in [6.45, 7) is 0.154. The molecule has 0 radical (unpaired) electrons. The zero-order chi connectivity index (χ0) is 14.5. The number of thiophene rings is 1. The summed E-state index contributed by atoms with van der Waals surface area (Å²) >= 11 is 1.50. The Morgan fingerprint density at radius 3 is 2.90 bits per heavy atom. The van der Waals surface area contributed by atoms with Crippen LogP contribution in [0.3, 0.4) is 0 Å². The number of nitrogen functional groups attached to an aromatic ring is 1. The Kier molecular flexibility index (Phi) is 4.60. The number of amides is 1. The molecule has 1 heterocycles. The van der Waals surface area contributed by atoms with E-state index in [0.717, 1.165) is 5.56 Å². The average Bonchev–Trinajstić information content (AvgIpc) is 2.98. The number of hydrogen-bond donors (Lipinski definition) is 3. The first-order valence-electron chi connectivity index (χ1n) is 6.03. The number of anilines is 1. The number of benzene rings is 1. The van der Waals surface area contributed by atoms with Gasteiger partial charge in [-0.05, 0) is 40.6 Å². The van der Waals surface area contributed by atoms with Crippen LogP contribution in [-0.4, -0.2) is 24.7 Å². The second-order valence-electron chi connectivity index (χ2n) is 4.24. The van der Waals surface area contributed by atoms with Gasteiger partial charge in [0.25, 0.3) is 5.91 Å². The van der Waals surface area contributed by atoms with E-state index in [1.165, 1.54) is 18.4 Å². The van der Waals surface area contributed by atoms with Gasteiger partial charge in [-0.3, -0.25) is 4.79 Å². The molecule has 0 aliphatic rings.